The molecule has 5 rings (SSSR count). The zero-order valence-corrected chi connectivity index (χ0v) is 16.4. The molecule has 0 spiro atoms. The average Bonchev–Trinajstić information content (AvgIpc) is 3.44. The van der Waals surface area contributed by atoms with Gasteiger partial charge in [-0.3, -0.25) is 19.8 Å². The zero-order chi connectivity index (χ0) is 20.3. The lowest BCUT2D eigenvalue weighted by Crippen LogP contribution is -2.41. The average molecular weight is 405 g/mol. The van der Waals surface area contributed by atoms with Gasteiger partial charge in [-0.05, 0) is 30.3 Å². The molecule has 0 atom stereocenters. The van der Waals surface area contributed by atoms with Crippen molar-refractivity contribution in [1.29, 1.82) is 0 Å². The second kappa shape index (κ2) is 8.15. The number of amides is 1. The van der Waals surface area contributed by atoms with Gasteiger partial charge in [-0.25, -0.2) is 0 Å². The maximum absolute atomic E-state index is 12.4. The first-order valence-electron chi connectivity index (χ1n) is 9.92. The lowest BCUT2D eigenvalue weighted by Gasteiger charge is -2.25. The number of carbonyl (C=O) groups excluding carboxylic acids is 1. The molecule has 0 radical (unpaired) electrons. The van der Waals surface area contributed by atoms with E-state index in [0.29, 0.717) is 19.8 Å². The number of benzene rings is 2. The van der Waals surface area contributed by atoms with Crippen LogP contribution in [0.3, 0.4) is 0 Å². The van der Waals surface area contributed by atoms with Crippen molar-refractivity contribution < 1.29 is 9.53 Å². The molecule has 1 fully saturated rings. The summed E-state index contributed by atoms with van der Waals surface area (Å²) in [6.45, 7) is 3.29. The highest BCUT2D eigenvalue weighted by Gasteiger charge is 2.16. The maximum atomic E-state index is 12.4. The third-order valence-electron chi connectivity index (χ3n) is 5.21. The van der Waals surface area contributed by atoms with Gasteiger partial charge in [0.25, 0.3) is 0 Å². The Morgan fingerprint density at radius 3 is 2.90 bits per heavy atom. The number of aromatic amines is 1. The number of hydrogen-bond donors (Lipinski definition) is 4. The molecule has 2 aliphatic heterocycles. The van der Waals surface area contributed by atoms with Gasteiger partial charge in [0.1, 0.15) is 5.69 Å². The van der Waals surface area contributed by atoms with Crippen molar-refractivity contribution in [3.63, 3.8) is 0 Å². The largest absolute Gasteiger partial charge is 0.379 e. The van der Waals surface area contributed by atoms with E-state index >= 15 is 0 Å². The molecule has 1 saturated heterocycles. The lowest BCUT2D eigenvalue weighted by molar-refractivity contribution is -0.118. The molecule has 0 bridgehead atoms. The summed E-state index contributed by atoms with van der Waals surface area (Å²) in [7, 11) is 0. The molecule has 2 aromatic carbocycles. The number of hydrogen-bond acceptors (Lipinski definition) is 7. The van der Waals surface area contributed by atoms with Crippen LogP contribution in [-0.2, 0) is 9.53 Å². The van der Waals surface area contributed by atoms with E-state index in [0.717, 1.165) is 46.6 Å². The minimum atomic E-state index is -0.0254. The number of nitrogens with zero attached hydrogens (tertiary/aromatic N) is 3. The van der Waals surface area contributed by atoms with Crippen molar-refractivity contribution in [2.45, 2.75) is 0 Å². The van der Waals surface area contributed by atoms with Crippen LogP contribution < -0.4 is 21.3 Å². The number of nitrogens with one attached hydrogen (secondary N) is 4. The number of hydrazine groups is 2. The van der Waals surface area contributed by atoms with Gasteiger partial charge >= 0.3 is 0 Å². The second-order valence-electron chi connectivity index (χ2n) is 7.26. The highest BCUT2D eigenvalue weighted by atomic mass is 16.5. The molecule has 0 unspecified atom stereocenters. The summed E-state index contributed by atoms with van der Waals surface area (Å²) in [4.78, 5) is 14.5. The van der Waals surface area contributed by atoms with E-state index in [1.807, 2.05) is 53.8 Å². The Morgan fingerprint density at radius 2 is 2.07 bits per heavy atom. The van der Waals surface area contributed by atoms with E-state index in [9.17, 15) is 4.79 Å². The summed E-state index contributed by atoms with van der Waals surface area (Å²) in [6, 6.07) is 13.9. The van der Waals surface area contributed by atoms with Crippen molar-refractivity contribution in [2.75, 3.05) is 43.2 Å². The minimum absolute atomic E-state index is 0.0254. The van der Waals surface area contributed by atoms with Gasteiger partial charge in [0, 0.05) is 42.1 Å². The van der Waals surface area contributed by atoms with E-state index in [4.69, 9.17) is 4.74 Å². The molecule has 2 aliphatic rings. The molecule has 1 amide bonds. The molecular weight excluding hydrogens is 382 g/mol. The van der Waals surface area contributed by atoms with E-state index in [1.54, 1.807) is 0 Å². The van der Waals surface area contributed by atoms with Gasteiger partial charge in [-0.2, -0.15) is 5.10 Å². The Morgan fingerprint density at radius 1 is 1.17 bits per heavy atom. The molecule has 3 heterocycles. The molecule has 9 nitrogen and oxygen atoms in total. The van der Waals surface area contributed by atoms with Gasteiger partial charge in [0.15, 0.2) is 0 Å². The molecule has 0 saturated carbocycles. The number of rotatable bonds is 5. The first kappa shape index (κ1) is 18.6. The van der Waals surface area contributed by atoms with Crippen LogP contribution in [0.1, 0.15) is 0 Å². The summed E-state index contributed by atoms with van der Waals surface area (Å²) in [5, 5.41) is 13.5. The molecule has 30 heavy (non-hydrogen) atoms. The Labute approximate surface area is 173 Å². The van der Waals surface area contributed by atoms with Crippen LogP contribution in [-0.4, -0.2) is 53.9 Å². The van der Waals surface area contributed by atoms with Crippen molar-refractivity contribution in [2.24, 2.45) is 0 Å². The first-order valence-corrected chi connectivity index (χ1v) is 9.92. The topological polar surface area (TPSA) is 97.5 Å². The van der Waals surface area contributed by atoms with Crippen LogP contribution in [0.2, 0.25) is 0 Å². The predicted octanol–water partition coefficient (Wildman–Crippen LogP) is 1.80. The number of carbonyl (C=O) groups is 1. The molecule has 1 aromatic heterocycles. The number of H-pyrrole nitrogens is 1. The second-order valence-corrected chi connectivity index (χ2v) is 7.26. The van der Waals surface area contributed by atoms with Crippen molar-refractivity contribution in [3.05, 3.63) is 54.9 Å². The van der Waals surface area contributed by atoms with E-state index < -0.39 is 0 Å². The normalized spacial score (nSPS) is 16.7. The quantitative estimate of drug-likeness (QED) is 0.514. The Balaban J connectivity index is 1.36. The third-order valence-corrected chi connectivity index (χ3v) is 5.21. The van der Waals surface area contributed by atoms with E-state index in [2.05, 4.69) is 37.4 Å². The Hall–Kier alpha value is -3.40. The lowest BCUT2D eigenvalue weighted by atomic mass is 10.1. The monoisotopic (exact) mass is 405 g/mol. The van der Waals surface area contributed by atoms with Crippen LogP contribution in [0.4, 0.5) is 11.4 Å². The van der Waals surface area contributed by atoms with Crippen molar-refractivity contribution in [1.82, 2.24) is 26.1 Å². The maximum Gasteiger partial charge on any atom is 0.238 e. The van der Waals surface area contributed by atoms with Gasteiger partial charge in [-0.1, -0.05) is 12.1 Å². The summed E-state index contributed by atoms with van der Waals surface area (Å²) in [5.74, 6) is -0.0254. The van der Waals surface area contributed by atoms with Gasteiger partial charge in [-0.15, -0.1) is 5.53 Å². The summed E-state index contributed by atoms with van der Waals surface area (Å²) < 4.78 is 5.34. The van der Waals surface area contributed by atoms with Crippen LogP contribution in [0.15, 0.2) is 54.9 Å². The Kier molecular flexibility index (Phi) is 5.06. The summed E-state index contributed by atoms with van der Waals surface area (Å²) in [5.41, 5.74) is 10.4. The van der Waals surface area contributed by atoms with Crippen LogP contribution in [0, 0.1) is 0 Å². The Bertz CT molecular complexity index is 1090. The fourth-order valence-corrected chi connectivity index (χ4v) is 3.69. The third kappa shape index (κ3) is 3.86. The number of fused-ring (bicyclic) bond motifs is 1. The fourth-order valence-electron chi connectivity index (χ4n) is 3.69. The summed E-state index contributed by atoms with van der Waals surface area (Å²) in [6.07, 6.45) is 3.73. The molecular formula is C21H23N7O2. The number of morpholine rings is 1. The SMILES string of the molecule is O=C(CN1CCOCC1)Nc1cccc(-c2n[nH]c3ccc(N4C=CNN4)cc23)c1. The van der Waals surface area contributed by atoms with Gasteiger partial charge < -0.3 is 15.5 Å². The summed E-state index contributed by atoms with van der Waals surface area (Å²) >= 11 is 0. The molecule has 4 N–H and O–H groups in total. The number of ether oxygens (including phenoxy) is 1. The zero-order valence-electron chi connectivity index (χ0n) is 16.4. The molecule has 154 valence electrons. The predicted molar refractivity (Wildman–Crippen MR) is 115 cm³/mol. The van der Waals surface area contributed by atoms with Crippen LogP contribution in [0.5, 0.6) is 0 Å². The minimum Gasteiger partial charge on any atom is -0.379 e. The molecule has 3 aromatic rings. The van der Waals surface area contributed by atoms with E-state index in [-0.39, 0.29) is 5.91 Å². The number of anilines is 2. The standard InChI is InChI=1S/C21H23N7O2/c29-20(14-27-8-10-30-11-9-27)23-16-3-1-2-15(12-16)21-18-13-17(28-7-6-22-26-28)4-5-19(18)24-25-21/h1-7,12-13,22,26H,8-11,14H2,(H,23,29)(H,24,25). The van der Waals surface area contributed by atoms with Crippen LogP contribution in [0.25, 0.3) is 22.2 Å². The van der Waals surface area contributed by atoms with Crippen molar-refractivity contribution in [3.8, 4) is 11.3 Å². The first-order chi connectivity index (χ1) is 14.8. The smallest absolute Gasteiger partial charge is 0.238 e. The molecule has 9 heteroatoms. The number of aromatic nitrogens is 2. The van der Waals surface area contributed by atoms with E-state index in [1.165, 1.54) is 0 Å². The fraction of sp³-hybridized carbons (Fsp3) is 0.238. The molecule has 0 aliphatic carbocycles. The van der Waals surface area contributed by atoms with Crippen molar-refractivity contribution >= 4 is 28.2 Å². The van der Waals surface area contributed by atoms with Gasteiger partial charge in [0.2, 0.25) is 5.91 Å². The van der Waals surface area contributed by atoms with Gasteiger partial charge in [0.05, 0.1) is 31.0 Å². The van der Waals surface area contributed by atoms with Crippen LogP contribution >= 0.6 is 0 Å². The highest BCUT2D eigenvalue weighted by molar-refractivity contribution is 5.97. The highest BCUT2D eigenvalue weighted by Crippen LogP contribution is 2.31.